The zero-order valence-electron chi connectivity index (χ0n) is 11.6. The van der Waals surface area contributed by atoms with Gasteiger partial charge in [0.1, 0.15) is 0 Å². The normalized spacial score (nSPS) is 25.3. The molecule has 0 saturated carbocycles. The third-order valence-corrected chi connectivity index (χ3v) is 3.75. The Bertz CT molecular complexity index is 299. The summed E-state index contributed by atoms with van der Waals surface area (Å²) in [6.07, 6.45) is -0.937. The fourth-order valence-corrected chi connectivity index (χ4v) is 2.39. The lowest BCUT2D eigenvalue weighted by molar-refractivity contribution is -0.216. The van der Waals surface area contributed by atoms with Gasteiger partial charge in [-0.05, 0) is 26.3 Å². The summed E-state index contributed by atoms with van der Waals surface area (Å²) >= 11 is 0. The molecule has 2 atom stereocenters. The molecule has 2 N–H and O–H groups in total. The zero-order chi connectivity index (χ0) is 14.5. The third kappa shape index (κ3) is 3.84. The Morgan fingerprint density at radius 1 is 1.42 bits per heavy atom. The van der Waals surface area contributed by atoms with E-state index in [2.05, 4.69) is 17.6 Å². The highest BCUT2D eigenvalue weighted by atomic mass is 19.4. The van der Waals surface area contributed by atoms with Crippen LogP contribution in [0.3, 0.4) is 0 Å². The van der Waals surface area contributed by atoms with E-state index in [1.807, 2.05) is 0 Å². The summed E-state index contributed by atoms with van der Waals surface area (Å²) in [4.78, 5) is 12.0. The number of hydrogen-bond acceptors (Lipinski definition) is 2. The number of carbonyl (C=O) groups is 1. The highest BCUT2D eigenvalue weighted by Crippen LogP contribution is 2.43. The molecule has 1 aliphatic rings. The Labute approximate surface area is 112 Å². The van der Waals surface area contributed by atoms with Gasteiger partial charge in [0.25, 0.3) is 0 Å². The molecule has 1 rings (SSSR count). The van der Waals surface area contributed by atoms with Gasteiger partial charge >= 0.3 is 6.18 Å². The maximum absolute atomic E-state index is 13.1. The fourth-order valence-electron chi connectivity index (χ4n) is 2.39. The highest BCUT2D eigenvalue weighted by molar-refractivity contribution is 5.84. The van der Waals surface area contributed by atoms with Gasteiger partial charge in [0.05, 0.1) is 0 Å². The number of nitrogens with one attached hydrogen (secondary N) is 2. The number of alkyl halides is 3. The van der Waals surface area contributed by atoms with Crippen molar-refractivity contribution in [3.63, 3.8) is 0 Å². The van der Waals surface area contributed by atoms with Crippen LogP contribution in [0, 0.1) is 5.41 Å². The quantitative estimate of drug-likeness (QED) is 0.734. The lowest BCUT2D eigenvalue weighted by atomic mass is 9.85. The molecule has 0 radical (unpaired) electrons. The average Bonchev–Trinajstić information content (AvgIpc) is 2.78. The van der Waals surface area contributed by atoms with Crippen molar-refractivity contribution < 1.29 is 18.0 Å². The smallest absolute Gasteiger partial charge is 0.353 e. The number of unbranched alkanes of at least 4 members (excludes halogenated alkanes) is 2. The molecule has 6 heteroatoms. The summed E-state index contributed by atoms with van der Waals surface area (Å²) in [6.45, 7) is 3.74. The minimum atomic E-state index is -4.50. The van der Waals surface area contributed by atoms with E-state index in [1.54, 1.807) is 6.92 Å². The van der Waals surface area contributed by atoms with Gasteiger partial charge in [-0.2, -0.15) is 13.2 Å². The van der Waals surface area contributed by atoms with Crippen LogP contribution in [0.4, 0.5) is 13.2 Å². The molecule has 2 unspecified atom stereocenters. The summed E-state index contributed by atoms with van der Waals surface area (Å²) in [7, 11) is 0. The van der Waals surface area contributed by atoms with Crippen LogP contribution in [0.1, 0.15) is 46.0 Å². The molecule has 1 aliphatic heterocycles. The molecule has 0 aliphatic carbocycles. The summed E-state index contributed by atoms with van der Waals surface area (Å²) in [5, 5.41) is 5.17. The topological polar surface area (TPSA) is 41.1 Å². The summed E-state index contributed by atoms with van der Waals surface area (Å²) < 4.78 is 39.4. The number of halogens is 3. The molecular formula is C13H23F3N2O. The minimum Gasteiger partial charge on any atom is -0.353 e. The summed E-state index contributed by atoms with van der Waals surface area (Å²) in [5.74, 6) is -0.881. The Morgan fingerprint density at radius 3 is 2.58 bits per heavy atom. The first-order valence-electron chi connectivity index (χ1n) is 6.92. The van der Waals surface area contributed by atoms with E-state index >= 15 is 0 Å². The molecule has 0 aromatic carbocycles. The zero-order valence-corrected chi connectivity index (χ0v) is 11.6. The standard InChI is InChI=1S/C13H23F3N2O/c1-3-4-5-6-10(2)18-11(19)12(13(14,15)16)7-8-17-9-12/h10,17H,3-9H2,1-2H3,(H,18,19). The van der Waals surface area contributed by atoms with Gasteiger partial charge in [-0.25, -0.2) is 0 Å². The van der Waals surface area contributed by atoms with Crippen molar-refractivity contribution in [2.75, 3.05) is 13.1 Å². The van der Waals surface area contributed by atoms with Crippen molar-refractivity contribution >= 4 is 5.91 Å². The van der Waals surface area contributed by atoms with Crippen LogP contribution in [0.15, 0.2) is 0 Å². The van der Waals surface area contributed by atoms with Crippen molar-refractivity contribution in [1.82, 2.24) is 10.6 Å². The number of carbonyl (C=O) groups excluding carboxylic acids is 1. The number of amides is 1. The second-order valence-corrected chi connectivity index (χ2v) is 5.38. The molecule has 112 valence electrons. The van der Waals surface area contributed by atoms with Crippen LogP contribution in [0.25, 0.3) is 0 Å². The van der Waals surface area contributed by atoms with Crippen molar-refractivity contribution in [2.45, 2.75) is 58.2 Å². The van der Waals surface area contributed by atoms with E-state index in [0.29, 0.717) is 0 Å². The van der Waals surface area contributed by atoms with Gasteiger partial charge in [-0.15, -0.1) is 0 Å². The van der Waals surface area contributed by atoms with Gasteiger partial charge in [0.15, 0.2) is 5.41 Å². The molecular weight excluding hydrogens is 257 g/mol. The molecule has 0 spiro atoms. The second kappa shape index (κ2) is 6.59. The highest BCUT2D eigenvalue weighted by Gasteiger charge is 2.61. The van der Waals surface area contributed by atoms with Crippen LogP contribution in [0.5, 0.6) is 0 Å². The Balaban J connectivity index is 2.59. The van der Waals surface area contributed by atoms with E-state index in [0.717, 1.165) is 25.7 Å². The van der Waals surface area contributed by atoms with Crippen molar-refractivity contribution in [3.8, 4) is 0 Å². The molecule has 1 heterocycles. The summed E-state index contributed by atoms with van der Waals surface area (Å²) in [5.41, 5.74) is -2.24. The van der Waals surface area contributed by atoms with Crippen molar-refractivity contribution in [3.05, 3.63) is 0 Å². The Hall–Kier alpha value is -0.780. The third-order valence-electron chi connectivity index (χ3n) is 3.75. The Kier molecular flexibility index (Phi) is 5.64. The fraction of sp³-hybridized carbons (Fsp3) is 0.923. The van der Waals surface area contributed by atoms with Crippen LogP contribution >= 0.6 is 0 Å². The number of hydrogen-bond donors (Lipinski definition) is 2. The largest absolute Gasteiger partial charge is 0.404 e. The molecule has 19 heavy (non-hydrogen) atoms. The van der Waals surface area contributed by atoms with Crippen molar-refractivity contribution in [2.24, 2.45) is 5.41 Å². The van der Waals surface area contributed by atoms with Crippen LogP contribution in [-0.4, -0.2) is 31.2 Å². The molecule has 1 fully saturated rings. The van der Waals surface area contributed by atoms with Gasteiger partial charge < -0.3 is 10.6 Å². The first-order valence-corrected chi connectivity index (χ1v) is 6.92. The monoisotopic (exact) mass is 280 g/mol. The van der Waals surface area contributed by atoms with Crippen molar-refractivity contribution in [1.29, 1.82) is 0 Å². The van der Waals surface area contributed by atoms with E-state index < -0.39 is 17.5 Å². The first kappa shape index (κ1) is 16.3. The molecule has 1 saturated heterocycles. The van der Waals surface area contributed by atoms with Gasteiger partial charge in [0, 0.05) is 12.6 Å². The first-order chi connectivity index (χ1) is 8.83. The lowest BCUT2D eigenvalue weighted by Gasteiger charge is -2.30. The van der Waals surface area contributed by atoms with E-state index in [4.69, 9.17) is 0 Å². The van der Waals surface area contributed by atoms with Crippen LogP contribution in [0.2, 0.25) is 0 Å². The minimum absolute atomic E-state index is 0.177. The predicted octanol–water partition coefficient (Wildman–Crippen LogP) is 2.61. The molecule has 0 aromatic heterocycles. The maximum atomic E-state index is 13.1. The lowest BCUT2D eigenvalue weighted by Crippen LogP contribution is -2.54. The van der Waals surface area contributed by atoms with E-state index in [9.17, 15) is 18.0 Å². The average molecular weight is 280 g/mol. The molecule has 1 amide bonds. The Morgan fingerprint density at radius 2 is 2.11 bits per heavy atom. The van der Waals surface area contributed by atoms with Crippen LogP contribution < -0.4 is 10.6 Å². The van der Waals surface area contributed by atoms with Crippen LogP contribution in [-0.2, 0) is 4.79 Å². The van der Waals surface area contributed by atoms with E-state index in [-0.39, 0.29) is 25.6 Å². The predicted molar refractivity (Wildman–Crippen MR) is 67.7 cm³/mol. The maximum Gasteiger partial charge on any atom is 0.404 e. The number of rotatable bonds is 6. The molecule has 0 aromatic rings. The van der Waals surface area contributed by atoms with E-state index in [1.165, 1.54) is 0 Å². The van der Waals surface area contributed by atoms with Gasteiger partial charge in [0.2, 0.25) is 5.91 Å². The van der Waals surface area contributed by atoms with Gasteiger partial charge in [-0.1, -0.05) is 26.2 Å². The SMILES string of the molecule is CCCCCC(C)NC(=O)C1(C(F)(F)F)CCNC1. The second-order valence-electron chi connectivity index (χ2n) is 5.38. The summed E-state index contributed by atoms with van der Waals surface area (Å²) in [6, 6.07) is -0.209. The van der Waals surface area contributed by atoms with Gasteiger partial charge in [-0.3, -0.25) is 4.79 Å². The molecule has 0 bridgehead atoms. The molecule has 3 nitrogen and oxygen atoms in total.